The quantitative estimate of drug-likeness (QED) is 0.782. The minimum Gasteiger partial charge on any atom is -0.461 e. The Morgan fingerprint density at radius 2 is 1.92 bits per heavy atom. The Hall–Kier alpha value is -2.27. The fraction of sp³-hybridized carbons (Fsp3) is 0.429. The van der Waals surface area contributed by atoms with E-state index in [1.54, 1.807) is 6.07 Å². The molecule has 138 valence electrons. The second kappa shape index (κ2) is 7.54. The van der Waals surface area contributed by atoms with Gasteiger partial charge in [0.2, 0.25) is 0 Å². The molecule has 1 aromatic heterocycles. The molecule has 0 saturated carbocycles. The van der Waals surface area contributed by atoms with Crippen LogP contribution in [-0.4, -0.2) is 34.5 Å². The summed E-state index contributed by atoms with van der Waals surface area (Å²) in [6.07, 6.45) is 1.21. The minimum atomic E-state index is -0.373. The van der Waals surface area contributed by atoms with E-state index in [2.05, 4.69) is 30.7 Å². The van der Waals surface area contributed by atoms with Crippen molar-refractivity contribution in [3.63, 3.8) is 0 Å². The average molecular weight is 356 g/mol. The third-order valence-electron chi connectivity index (χ3n) is 4.93. The highest BCUT2D eigenvalue weighted by Gasteiger charge is 2.43. The van der Waals surface area contributed by atoms with Crippen LogP contribution >= 0.6 is 0 Å². The van der Waals surface area contributed by atoms with Gasteiger partial charge in [-0.05, 0) is 38.5 Å². The van der Waals surface area contributed by atoms with Crippen LogP contribution in [0.2, 0.25) is 0 Å². The molecule has 0 bridgehead atoms. The molecule has 0 unspecified atom stereocenters. The molecule has 2 heterocycles. The summed E-state index contributed by atoms with van der Waals surface area (Å²) in [5, 5.41) is 0. The van der Waals surface area contributed by atoms with Crippen LogP contribution in [0.4, 0.5) is 4.39 Å². The maximum atomic E-state index is 13.2. The number of aromatic nitrogens is 1. The van der Waals surface area contributed by atoms with Gasteiger partial charge in [0.1, 0.15) is 12.4 Å². The van der Waals surface area contributed by atoms with Crippen LogP contribution in [-0.2, 0) is 16.1 Å². The summed E-state index contributed by atoms with van der Waals surface area (Å²) in [6.45, 7) is 7.95. The number of carbonyl (C=O) groups is 1. The van der Waals surface area contributed by atoms with Crippen molar-refractivity contribution < 1.29 is 13.9 Å². The van der Waals surface area contributed by atoms with Gasteiger partial charge in [-0.15, -0.1) is 0 Å². The van der Waals surface area contributed by atoms with E-state index in [0.717, 1.165) is 11.3 Å². The first-order valence-corrected chi connectivity index (χ1v) is 8.91. The predicted molar refractivity (Wildman–Crippen MR) is 98.0 cm³/mol. The Morgan fingerprint density at radius 3 is 2.54 bits per heavy atom. The fourth-order valence-electron chi connectivity index (χ4n) is 3.33. The van der Waals surface area contributed by atoms with Crippen molar-refractivity contribution in [3.05, 3.63) is 65.7 Å². The zero-order chi connectivity index (χ0) is 18.7. The van der Waals surface area contributed by atoms with Crippen LogP contribution < -0.4 is 0 Å². The Labute approximate surface area is 154 Å². The van der Waals surface area contributed by atoms with E-state index in [9.17, 15) is 9.18 Å². The van der Waals surface area contributed by atoms with Crippen LogP contribution in [0.1, 0.15) is 37.9 Å². The third-order valence-corrected chi connectivity index (χ3v) is 4.93. The molecule has 1 fully saturated rings. The molecule has 2 aromatic rings. The van der Waals surface area contributed by atoms with E-state index < -0.39 is 0 Å². The second-order valence-electron chi connectivity index (χ2n) is 7.78. The molecule has 0 N–H and O–H groups in total. The first kappa shape index (κ1) is 18.5. The van der Waals surface area contributed by atoms with E-state index in [4.69, 9.17) is 4.74 Å². The summed E-state index contributed by atoms with van der Waals surface area (Å²) < 4.78 is 18.8. The maximum absolute atomic E-state index is 13.2. The Bertz CT molecular complexity index is 741. The van der Waals surface area contributed by atoms with Crippen molar-refractivity contribution in [2.75, 3.05) is 13.1 Å². The van der Waals surface area contributed by atoms with Crippen LogP contribution in [0.3, 0.4) is 0 Å². The van der Waals surface area contributed by atoms with Crippen molar-refractivity contribution in [3.8, 4) is 0 Å². The lowest BCUT2D eigenvalue weighted by Gasteiger charge is -2.31. The molecule has 2 atom stereocenters. The zero-order valence-electron chi connectivity index (χ0n) is 15.5. The molecule has 4 nitrogen and oxygen atoms in total. The highest BCUT2D eigenvalue weighted by atomic mass is 19.1. The molecule has 0 spiro atoms. The summed E-state index contributed by atoms with van der Waals surface area (Å²) in [6, 6.07) is 12.7. The molecule has 1 aromatic carbocycles. The lowest BCUT2D eigenvalue weighted by Crippen LogP contribution is -2.40. The Kier molecular flexibility index (Phi) is 5.37. The number of carbonyl (C=O) groups excluding carboxylic acids is 1. The first-order valence-electron chi connectivity index (χ1n) is 8.91. The SMILES string of the molecule is CC(C)(C)N1C[C@@H](C(=O)OCc2ccccc2)[C@H](c2ccc(F)cn2)C1. The third kappa shape index (κ3) is 4.28. The number of halogens is 1. The molecule has 3 rings (SSSR count). The van der Waals surface area contributed by atoms with Crippen LogP contribution in [0.5, 0.6) is 0 Å². The van der Waals surface area contributed by atoms with E-state index in [0.29, 0.717) is 13.1 Å². The van der Waals surface area contributed by atoms with Gasteiger partial charge in [0.15, 0.2) is 0 Å². The lowest BCUT2D eigenvalue weighted by molar-refractivity contribution is -0.150. The van der Waals surface area contributed by atoms with Crippen molar-refractivity contribution in [2.24, 2.45) is 5.92 Å². The number of likely N-dealkylation sites (tertiary alicyclic amines) is 1. The smallest absolute Gasteiger partial charge is 0.311 e. The van der Waals surface area contributed by atoms with Crippen LogP contribution in [0.25, 0.3) is 0 Å². The van der Waals surface area contributed by atoms with Crippen LogP contribution in [0, 0.1) is 11.7 Å². The molecule has 0 amide bonds. The van der Waals surface area contributed by atoms with Gasteiger partial charge in [-0.3, -0.25) is 14.7 Å². The Balaban J connectivity index is 1.76. The van der Waals surface area contributed by atoms with Gasteiger partial charge in [0.25, 0.3) is 0 Å². The Morgan fingerprint density at radius 1 is 1.19 bits per heavy atom. The number of esters is 1. The number of ether oxygens (including phenoxy) is 1. The zero-order valence-corrected chi connectivity index (χ0v) is 15.5. The summed E-state index contributed by atoms with van der Waals surface area (Å²) in [5.74, 6) is -1.01. The highest BCUT2D eigenvalue weighted by Crippen LogP contribution is 2.36. The standard InChI is InChI=1S/C21H25FN2O2/c1-21(2,3)24-12-17(19-10-9-16(22)11-23-19)18(13-24)20(25)26-14-15-7-5-4-6-8-15/h4-11,17-18H,12-14H2,1-3H3/t17-,18-/m1/s1. The molecule has 1 aliphatic heterocycles. The van der Waals surface area contributed by atoms with E-state index >= 15 is 0 Å². The average Bonchev–Trinajstić information content (AvgIpc) is 3.07. The number of nitrogens with zero attached hydrogens (tertiary/aromatic N) is 2. The molecular formula is C21H25FN2O2. The van der Waals surface area contributed by atoms with E-state index in [1.165, 1.54) is 12.3 Å². The van der Waals surface area contributed by atoms with Gasteiger partial charge in [-0.25, -0.2) is 4.39 Å². The van der Waals surface area contributed by atoms with Gasteiger partial charge in [-0.1, -0.05) is 30.3 Å². The van der Waals surface area contributed by atoms with Crippen molar-refractivity contribution in [1.29, 1.82) is 0 Å². The van der Waals surface area contributed by atoms with Gasteiger partial charge < -0.3 is 4.74 Å². The summed E-state index contributed by atoms with van der Waals surface area (Å²) in [4.78, 5) is 19.3. The van der Waals surface area contributed by atoms with Gasteiger partial charge in [-0.2, -0.15) is 0 Å². The topological polar surface area (TPSA) is 42.4 Å². The molecule has 1 saturated heterocycles. The minimum absolute atomic E-state index is 0.0628. The van der Waals surface area contributed by atoms with Crippen LogP contribution in [0.15, 0.2) is 48.7 Å². The van der Waals surface area contributed by atoms with Crippen molar-refractivity contribution in [1.82, 2.24) is 9.88 Å². The monoisotopic (exact) mass is 356 g/mol. The molecule has 1 aliphatic rings. The van der Waals surface area contributed by atoms with E-state index in [1.807, 2.05) is 30.3 Å². The molecule has 0 radical (unpaired) electrons. The number of pyridine rings is 1. The molecule has 26 heavy (non-hydrogen) atoms. The molecule has 5 heteroatoms. The highest BCUT2D eigenvalue weighted by molar-refractivity contribution is 5.74. The van der Waals surface area contributed by atoms with Gasteiger partial charge in [0.05, 0.1) is 12.1 Å². The largest absolute Gasteiger partial charge is 0.461 e. The summed E-state index contributed by atoms with van der Waals surface area (Å²) in [7, 11) is 0. The fourth-order valence-corrected chi connectivity index (χ4v) is 3.33. The normalized spacial score (nSPS) is 20.9. The van der Waals surface area contributed by atoms with Crippen molar-refractivity contribution >= 4 is 5.97 Å². The predicted octanol–water partition coefficient (Wildman–Crippen LogP) is 3.78. The molecular weight excluding hydrogens is 331 g/mol. The number of rotatable bonds is 4. The lowest BCUT2D eigenvalue weighted by atomic mass is 9.92. The number of benzene rings is 1. The number of hydrogen-bond donors (Lipinski definition) is 0. The van der Waals surface area contributed by atoms with Crippen molar-refractivity contribution in [2.45, 2.75) is 38.8 Å². The summed E-state index contributed by atoms with van der Waals surface area (Å²) >= 11 is 0. The number of hydrogen-bond acceptors (Lipinski definition) is 4. The van der Waals surface area contributed by atoms with Gasteiger partial charge >= 0.3 is 5.97 Å². The summed E-state index contributed by atoms with van der Waals surface area (Å²) in [5.41, 5.74) is 1.63. The van der Waals surface area contributed by atoms with E-state index in [-0.39, 0.29) is 35.8 Å². The maximum Gasteiger partial charge on any atom is 0.311 e. The molecule has 0 aliphatic carbocycles. The van der Waals surface area contributed by atoms with Gasteiger partial charge in [0, 0.05) is 30.2 Å². The first-order chi connectivity index (χ1) is 12.3. The second-order valence-corrected chi connectivity index (χ2v) is 7.78.